The van der Waals surface area contributed by atoms with Gasteiger partial charge in [0.2, 0.25) is 23.6 Å². The summed E-state index contributed by atoms with van der Waals surface area (Å²) in [6.07, 6.45) is 4.20. The van der Waals surface area contributed by atoms with Gasteiger partial charge in [-0.25, -0.2) is 0 Å². The average molecular weight is 613 g/mol. The SMILES string of the molecule is C[C@@H]1NC(=O)[C@@H](NC(=O)c2ccncc2)Cc2ccc(cc2)OCCNC(=O)C2(CC2)NC(=O)[C@@H](Cc2ccccc2)NC1=O. The quantitative estimate of drug-likeness (QED) is 0.272. The number of hydrogen-bond acceptors (Lipinski definition) is 7. The molecule has 0 saturated heterocycles. The summed E-state index contributed by atoms with van der Waals surface area (Å²) in [5.74, 6) is -1.90. The summed E-state index contributed by atoms with van der Waals surface area (Å²) in [6, 6.07) is 16.2. The third-order valence-corrected chi connectivity index (χ3v) is 7.80. The van der Waals surface area contributed by atoms with Crippen LogP contribution in [0.5, 0.6) is 5.75 Å². The Hall–Kier alpha value is -5.26. The zero-order valence-electron chi connectivity index (χ0n) is 24.9. The predicted octanol–water partition coefficient (Wildman–Crippen LogP) is 0.812. The van der Waals surface area contributed by atoms with E-state index in [1.807, 2.05) is 30.3 Å². The van der Waals surface area contributed by atoms with Gasteiger partial charge in [0.25, 0.3) is 5.91 Å². The summed E-state index contributed by atoms with van der Waals surface area (Å²) in [5.41, 5.74) is 0.820. The molecule has 6 rings (SSSR count). The third-order valence-electron chi connectivity index (χ3n) is 7.80. The molecule has 1 aliphatic carbocycles. The van der Waals surface area contributed by atoms with Crippen molar-refractivity contribution in [3.63, 3.8) is 0 Å². The van der Waals surface area contributed by atoms with E-state index in [-0.39, 0.29) is 31.9 Å². The Morgan fingerprint density at radius 2 is 1.62 bits per heavy atom. The van der Waals surface area contributed by atoms with Crippen LogP contribution < -0.4 is 31.3 Å². The second-order valence-corrected chi connectivity index (χ2v) is 11.3. The number of hydrogen-bond donors (Lipinski definition) is 5. The third kappa shape index (κ3) is 8.22. The minimum atomic E-state index is -1.06. The van der Waals surface area contributed by atoms with Crippen LogP contribution in [-0.2, 0) is 32.0 Å². The van der Waals surface area contributed by atoms with Gasteiger partial charge in [0, 0.05) is 30.8 Å². The molecule has 3 heterocycles. The molecule has 2 aromatic carbocycles. The number of rotatable bonds is 4. The van der Waals surface area contributed by atoms with Crippen LogP contribution in [0.2, 0.25) is 0 Å². The first-order valence-electron chi connectivity index (χ1n) is 14.9. The molecule has 3 aliphatic rings. The average Bonchev–Trinajstić information content (AvgIpc) is 3.84. The molecule has 1 spiro atoms. The van der Waals surface area contributed by atoms with Gasteiger partial charge in [-0.3, -0.25) is 29.0 Å². The maximum absolute atomic E-state index is 13.5. The first-order chi connectivity index (χ1) is 21.7. The van der Waals surface area contributed by atoms with Crippen LogP contribution in [0.1, 0.15) is 41.3 Å². The fourth-order valence-electron chi connectivity index (χ4n) is 5.01. The van der Waals surface area contributed by atoms with Crippen molar-refractivity contribution in [2.24, 2.45) is 0 Å². The van der Waals surface area contributed by atoms with Gasteiger partial charge in [0.1, 0.15) is 36.0 Å². The van der Waals surface area contributed by atoms with Gasteiger partial charge in [-0.15, -0.1) is 0 Å². The molecule has 0 unspecified atom stereocenters. The molecule has 12 nitrogen and oxygen atoms in total. The Bertz CT molecular complexity index is 1530. The van der Waals surface area contributed by atoms with E-state index in [4.69, 9.17) is 4.74 Å². The summed E-state index contributed by atoms with van der Waals surface area (Å²) in [6.45, 7) is 1.93. The van der Waals surface area contributed by atoms with E-state index in [1.165, 1.54) is 31.5 Å². The first kappa shape index (κ1) is 31.2. The molecular formula is C33H36N6O6. The maximum atomic E-state index is 13.5. The highest BCUT2D eigenvalue weighted by atomic mass is 16.5. The number of amides is 5. The topological polar surface area (TPSA) is 168 Å². The Morgan fingerprint density at radius 3 is 2.31 bits per heavy atom. The number of nitrogens with zero attached hydrogens (tertiary/aromatic N) is 1. The van der Waals surface area contributed by atoms with Gasteiger partial charge in [-0.2, -0.15) is 0 Å². The number of carbonyl (C=O) groups excluding carboxylic acids is 5. The molecule has 5 amide bonds. The van der Waals surface area contributed by atoms with Gasteiger partial charge >= 0.3 is 0 Å². The summed E-state index contributed by atoms with van der Waals surface area (Å²) in [4.78, 5) is 70.3. The molecule has 3 aromatic rings. The van der Waals surface area contributed by atoms with E-state index in [0.717, 1.165) is 11.1 Å². The van der Waals surface area contributed by atoms with E-state index in [1.54, 1.807) is 24.3 Å². The van der Waals surface area contributed by atoms with Crippen molar-refractivity contribution < 1.29 is 28.7 Å². The van der Waals surface area contributed by atoms with Crippen molar-refractivity contribution in [2.75, 3.05) is 13.2 Å². The molecule has 234 valence electrons. The highest BCUT2D eigenvalue weighted by molar-refractivity contribution is 5.99. The van der Waals surface area contributed by atoms with Crippen LogP contribution in [0.3, 0.4) is 0 Å². The van der Waals surface area contributed by atoms with E-state index >= 15 is 0 Å². The highest BCUT2D eigenvalue weighted by Gasteiger charge is 2.51. The lowest BCUT2D eigenvalue weighted by Gasteiger charge is -2.25. The lowest BCUT2D eigenvalue weighted by Crippen LogP contribution is -2.59. The number of ether oxygens (including phenoxy) is 1. The van der Waals surface area contributed by atoms with Crippen molar-refractivity contribution in [2.45, 2.75) is 56.3 Å². The minimum absolute atomic E-state index is 0.133. The lowest BCUT2D eigenvalue weighted by molar-refractivity contribution is -0.134. The minimum Gasteiger partial charge on any atom is -0.492 e. The fraction of sp³-hybridized carbons (Fsp3) is 0.333. The Morgan fingerprint density at radius 1 is 0.911 bits per heavy atom. The van der Waals surface area contributed by atoms with Crippen LogP contribution in [0, 0.1) is 0 Å². The van der Waals surface area contributed by atoms with Crippen LogP contribution in [0.15, 0.2) is 79.1 Å². The summed E-state index contributed by atoms with van der Waals surface area (Å²) >= 11 is 0. The number of aromatic nitrogens is 1. The smallest absolute Gasteiger partial charge is 0.252 e. The lowest BCUT2D eigenvalue weighted by atomic mass is 10.0. The Balaban J connectivity index is 1.39. The van der Waals surface area contributed by atoms with Crippen molar-refractivity contribution in [3.05, 3.63) is 95.8 Å². The number of nitrogens with one attached hydrogen (secondary N) is 5. The Kier molecular flexibility index (Phi) is 9.71. The monoisotopic (exact) mass is 612 g/mol. The van der Waals surface area contributed by atoms with E-state index < -0.39 is 47.3 Å². The standard InChI is InChI=1S/C33H36N6O6/c1-21-28(40)37-27(19-22-5-3-2-4-6-22)31(43)39-33(13-14-33)32(44)35-17-18-45-25-9-7-23(8-10-25)20-26(30(42)36-21)38-29(41)24-11-15-34-16-12-24/h2-12,15-16,21,26-27H,13-14,17-20H2,1H3,(H,35,44)(H,36,42)(H,37,40)(H,38,41)(H,39,43)/t21-,26-,27+/m0/s1. The predicted molar refractivity (Wildman–Crippen MR) is 164 cm³/mol. The van der Waals surface area contributed by atoms with Gasteiger partial charge in [0.05, 0.1) is 6.54 Å². The van der Waals surface area contributed by atoms with E-state index in [9.17, 15) is 24.0 Å². The van der Waals surface area contributed by atoms with Crippen LogP contribution in [0.25, 0.3) is 0 Å². The molecule has 12 heteroatoms. The molecule has 1 aromatic heterocycles. The van der Waals surface area contributed by atoms with Crippen molar-refractivity contribution in [1.82, 2.24) is 31.6 Å². The highest BCUT2D eigenvalue weighted by Crippen LogP contribution is 2.35. The molecule has 0 radical (unpaired) electrons. The number of pyridine rings is 1. The number of fused-ring (bicyclic) bond motifs is 15. The van der Waals surface area contributed by atoms with Gasteiger partial charge in [-0.1, -0.05) is 42.5 Å². The van der Waals surface area contributed by atoms with Crippen molar-refractivity contribution in [3.8, 4) is 5.75 Å². The second kappa shape index (κ2) is 14.0. The maximum Gasteiger partial charge on any atom is 0.252 e. The number of carbonyl (C=O) groups is 5. The zero-order chi connectivity index (χ0) is 31.8. The molecule has 3 atom stereocenters. The van der Waals surface area contributed by atoms with Gasteiger partial charge in [0.15, 0.2) is 0 Å². The number of benzene rings is 2. The first-order valence-corrected chi connectivity index (χ1v) is 14.9. The van der Waals surface area contributed by atoms with Crippen molar-refractivity contribution >= 4 is 29.5 Å². The van der Waals surface area contributed by atoms with Crippen molar-refractivity contribution in [1.29, 1.82) is 0 Å². The molecular weight excluding hydrogens is 576 g/mol. The molecule has 1 saturated carbocycles. The largest absolute Gasteiger partial charge is 0.492 e. The molecule has 1 fully saturated rings. The normalized spacial score (nSPS) is 22.2. The summed E-state index contributed by atoms with van der Waals surface area (Å²) in [7, 11) is 0. The Labute approximate surface area is 260 Å². The van der Waals surface area contributed by atoms with E-state index in [0.29, 0.717) is 24.2 Å². The summed E-state index contributed by atoms with van der Waals surface area (Å²) < 4.78 is 5.77. The summed E-state index contributed by atoms with van der Waals surface area (Å²) in [5, 5.41) is 13.9. The van der Waals surface area contributed by atoms with E-state index in [2.05, 4.69) is 31.6 Å². The van der Waals surface area contributed by atoms with Gasteiger partial charge in [-0.05, 0) is 55.2 Å². The molecule has 2 aliphatic heterocycles. The fourth-order valence-corrected chi connectivity index (χ4v) is 5.01. The molecule has 45 heavy (non-hydrogen) atoms. The second-order valence-electron chi connectivity index (χ2n) is 11.3. The van der Waals surface area contributed by atoms with Crippen LogP contribution >= 0.6 is 0 Å². The zero-order valence-corrected chi connectivity index (χ0v) is 24.9. The van der Waals surface area contributed by atoms with Crippen LogP contribution in [-0.4, -0.2) is 71.3 Å². The molecule has 5 N–H and O–H groups in total. The molecule has 2 bridgehead atoms. The van der Waals surface area contributed by atoms with Crippen LogP contribution in [0.4, 0.5) is 0 Å². The van der Waals surface area contributed by atoms with Gasteiger partial charge < -0.3 is 31.3 Å².